The average Bonchev–Trinajstić information content (AvgIpc) is 3.05. The monoisotopic (exact) mass is 290 g/mol. The molecule has 2 unspecified atom stereocenters. The highest BCUT2D eigenvalue weighted by Gasteiger charge is 2.42. The summed E-state index contributed by atoms with van der Waals surface area (Å²) in [7, 11) is 0. The smallest absolute Gasteiger partial charge is 0.407 e. The van der Waals surface area contributed by atoms with E-state index in [2.05, 4.69) is 10.6 Å². The van der Waals surface area contributed by atoms with Crippen LogP contribution in [0.15, 0.2) is 24.3 Å². The van der Waals surface area contributed by atoms with Gasteiger partial charge < -0.3 is 15.4 Å². The van der Waals surface area contributed by atoms with E-state index < -0.39 is 0 Å². The molecule has 1 aromatic rings. The second-order valence-corrected chi connectivity index (χ2v) is 6.46. The number of hydrogen-bond acceptors (Lipinski definition) is 3. The Morgan fingerprint density at radius 1 is 1.19 bits per heavy atom. The van der Waals surface area contributed by atoms with Crippen molar-refractivity contribution < 1.29 is 14.3 Å². The van der Waals surface area contributed by atoms with Gasteiger partial charge in [-0.15, -0.1) is 0 Å². The summed E-state index contributed by atoms with van der Waals surface area (Å²) in [6.07, 6.45) is 0.417. The minimum Gasteiger partial charge on any atom is -0.446 e. The molecule has 1 saturated carbocycles. The van der Waals surface area contributed by atoms with Crippen LogP contribution in [0.3, 0.4) is 0 Å². The molecule has 0 saturated heterocycles. The Bertz CT molecular complexity index is 531. The van der Waals surface area contributed by atoms with Crippen molar-refractivity contribution in [1.82, 2.24) is 5.32 Å². The Labute approximate surface area is 125 Å². The second-order valence-electron chi connectivity index (χ2n) is 6.46. The summed E-state index contributed by atoms with van der Waals surface area (Å²) in [5.41, 5.74) is 1.61. The molecule has 1 aliphatic carbocycles. The van der Waals surface area contributed by atoms with E-state index in [1.165, 1.54) is 6.92 Å². The van der Waals surface area contributed by atoms with E-state index in [1.807, 2.05) is 45.0 Å². The van der Waals surface area contributed by atoms with Crippen molar-refractivity contribution in [2.24, 2.45) is 0 Å². The lowest BCUT2D eigenvalue weighted by molar-refractivity contribution is -0.114. The van der Waals surface area contributed by atoms with E-state index in [0.29, 0.717) is 0 Å². The van der Waals surface area contributed by atoms with Gasteiger partial charge in [0.2, 0.25) is 5.91 Å². The van der Waals surface area contributed by atoms with Gasteiger partial charge in [-0.1, -0.05) is 12.1 Å². The molecule has 2 N–H and O–H groups in total. The zero-order chi connectivity index (χ0) is 15.6. The highest BCUT2D eigenvalue weighted by molar-refractivity contribution is 5.88. The summed E-state index contributed by atoms with van der Waals surface area (Å²) < 4.78 is 5.38. The minimum absolute atomic E-state index is 0.0565. The number of rotatable bonds is 3. The summed E-state index contributed by atoms with van der Waals surface area (Å²) in [5.74, 6) is 0.163. The van der Waals surface area contributed by atoms with Crippen molar-refractivity contribution in [3.8, 4) is 0 Å². The number of ether oxygens (including phenoxy) is 1. The first-order valence-corrected chi connectivity index (χ1v) is 7.11. The first kappa shape index (κ1) is 15.4. The standard InChI is InChI=1S/C16H22N2O3/c1-10(19)17-12-7-5-11(6-8-12)13-9-14(13)21-15(20)18-16(2,3)4/h5-8,13-14H,9H2,1-4H3,(H,17,19)(H,18,20). The maximum absolute atomic E-state index is 11.7. The average molecular weight is 290 g/mol. The van der Waals surface area contributed by atoms with Crippen molar-refractivity contribution in [2.75, 3.05) is 5.32 Å². The second kappa shape index (κ2) is 5.76. The number of anilines is 1. The normalized spacial score (nSPS) is 20.6. The van der Waals surface area contributed by atoms with Crippen LogP contribution in [0, 0.1) is 0 Å². The van der Waals surface area contributed by atoms with Gasteiger partial charge in [0.05, 0.1) is 0 Å². The van der Waals surface area contributed by atoms with E-state index in [1.54, 1.807) is 0 Å². The topological polar surface area (TPSA) is 67.4 Å². The van der Waals surface area contributed by atoms with Crippen LogP contribution in [-0.2, 0) is 9.53 Å². The molecule has 0 heterocycles. The van der Waals surface area contributed by atoms with Gasteiger partial charge in [0, 0.05) is 24.1 Å². The van der Waals surface area contributed by atoms with Gasteiger partial charge in [0.1, 0.15) is 6.10 Å². The molecule has 114 valence electrons. The van der Waals surface area contributed by atoms with Crippen molar-refractivity contribution in [3.05, 3.63) is 29.8 Å². The third kappa shape index (κ3) is 4.77. The van der Waals surface area contributed by atoms with Gasteiger partial charge in [0.15, 0.2) is 0 Å². The summed E-state index contributed by atoms with van der Waals surface area (Å²) in [4.78, 5) is 22.6. The van der Waals surface area contributed by atoms with Crippen LogP contribution >= 0.6 is 0 Å². The van der Waals surface area contributed by atoms with E-state index in [-0.39, 0.29) is 29.6 Å². The highest BCUT2D eigenvalue weighted by Crippen LogP contribution is 2.43. The number of hydrogen-bond donors (Lipinski definition) is 2. The van der Waals surface area contributed by atoms with Crippen LogP contribution in [0.2, 0.25) is 0 Å². The number of carbonyl (C=O) groups is 2. The van der Waals surface area contributed by atoms with Crippen molar-refractivity contribution in [3.63, 3.8) is 0 Å². The largest absolute Gasteiger partial charge is 0.446 e. The third-order valence-electron chi connectivity index (χ3n) is 3.13. The number of carbonyl (C=O) groups excluding carboxylic acids is 2. The zero-order valence-corrected chi connectivity index (χ0v) is 12.9. The number of benzene rings is 1. The molecule has 0 aliphatic heterocycles. The van der Waals surface area contributed by atoms with Crippen molar-refractivity contribution in [1.29, 1.82) is 0 Å². The molecule has 2 rings (SSSR count). The maximum atomic E-state index is 11.7. The van der Waals surface area contributed by atoms with Crippen LogP contribution in [0.5, 0.6) is 0 Å². The summed E-state index contributed by atoms with van der Waals surface area (Å²) in [6, 6.07) is 7.64. The lowest BCUT2D eigenvalue weighted by Crippen LogP contribution is -2.41. The van der Waals surface area contributed by atoms with E-state index in [0.717, 1.165) is 17.7 Å². The van der Waals surface area contributed by atoms with Gasteiger partial charge >= 0.3 is 6.09 Å². The summed E-state index contributed by atoms with van der Waals surface area (Å²) >= 11 is 0. The first-order valence-electron chi connectivity index (χ1n) is 7.11. The zero-order valence-electron chi connectivity index (χ0n) is 12.9. The Kier molecular flexibility index (Phi) is 4.21. The predicted octanol–water partition coefficient (Wildman–Crippen LogP) is 3.03. The SMILES string of the molecule is CC(=O)Nc1ccc(C2CC2OC(=O)NC(C)(C)C)cc1. The molecule has 0 bridgehead atoms. The maximum Gasteiger partial charge on any atom is 0.407 e. The summed E-state index contributed by atoms with van der Waals surface area (Å²) in [6.45, 7) is 7.23. The Morgan fingerprint density at radius 3 is 2.33 bits per heavy atom. The fourth-order valence-corrected chi connectivity index (χ4v) is 2.14. The van der Waals surface area contributed by atoms with Gasteiger partial charge in [0.25, 0.3) is 0 Å². The predicted molar refractivity (Wildman–Crippen MR) is 81.3 cm³/mol. The Balaban J connectivity index is 1.85. The molecule has 0 aromatic heterocycles. The molecule has 21 heavy (non-hydrogen) atoms. The fraction of sp³-hybridized carbons (Fsp3) is 0.500. The molecule has 5 nitrogen and oxygen atoms in total. The fourth-order valence-electron chi connectivity index (χ4n) is 2.14. The van der Waals surface area contributed by atoms with Crippen LogP contribution in [0.25, 0.3) is 0 Å². The molecular formula is C16H22N2O3. The van der Waals surface area contributed by atoms with E-state index in [9.17, 15) is 9.59 Å². The third-order valence-corrected chi connectivity index (χ3v) is 3.13. The van der Waals surface area contributed by atoms with Crippen LogP contribution in [0.1, 0.15) is 45.6 Å². The lowest BCUT2D eigenvalue weighted by Gasteiger charge is -2.20. The van der Waals surface area contributed by atoms with Gasteiger partial charge in [-0.25, -0.2) is 4.79 Å². The molecular weight excluding hydrogens is 268 g/mol. The molecule has 1 fully saturated rings. The number of nitrogens with one attached hydrogen (secondary N) is 2. The van der Waals surface area contributed by atoms with Crippen LogP contribution in [-0.4, -0.2) is 23.6 Å². The van der Waals surface area contributed by atoms with Gasteiger partial charge in [-0.2, -0.15) is 0 Å². The Morgan fingerprint density at radius 2 is 1.81 bits per heavy atom. The van der Waals surface area contributed by atoms with Crippen molar-refractivity contribution in [2.45, 2.75) is 51.7 Å². The Hall–Kier alpha value is -2.04. The molecule has 0 radical (unpaired) electrons. The van der Waals surface area contributed by atoms with E-state index >= 15 is 0 Å². The summed E-state index contributed by atoms with van der Waals surface area (Å²) in [5, 5.41) is 5.51. The highest BCUT2D eigenvalue weighted by atomic mass is 16.6. The van der Waals surface area contributed by atoms with Crippen LogP contribution < -0.4 is 10.6 Å². The molecule has 1 aliphatic rings. The van der Waals surface area contributed by atoms with Gasteiger partial charge in [-0.3, -0.25) is 4.79 Å². The van der Waals surface area contributed by atoms with Crippen LogP contribution in [0.4, 0.5) is 10.5 Å². The molecule has 5 heteroatoms. The quantitative estimate of drug-likeness (QED) is 0.899. The minimum atomic E-state index is -0.370. The molecule has 2 atom stereocenters. The molecule has 0 spiro atoms. The van der Waals surface area contributed by atoms with E-state index in [4.69, 9.17) is 4.74 Å². The number of alkyl carbamates (subject to hydrolysis) is 1. The molecule has 2 amide bonds. The van der Waals surface area contributed by atoms with Gasteiger partial charge in [-0.05, 0) is 44.9 Å². The molecule has 1 aromatic carbocycles. The first-order chi connectivity index (χ1) is 9.74. The number of amides is 2. The van der Waals surface area contributed by atoms with Crippen molar-refractivity contribution >= 4 is 17.7 Å². The lowest BCUT2D eigenvalue weighted by atomic mass is 10.1.